The first kappa shape index (κ1) is 18.8. The molecular weight excluding hydrogens is 365 g/mol. The number of hydrogen-bond donors (Lipinski definition) is 0. The van der Waals surface area contributed by atoms with Gasteiger partial charge >= 0.3 is 0 Å². The number of allylic oxidation sites excluding steroid dienone is 1. The van der Waals surface area contributed by atoms with E-state index in [0.29, 0.717) is 23.1 Å². The predicted octanol–water partition coefficient (Wildman–Crippen LogP) is 4.16. The van der Waals surface area contributed by atoms with Crippen LogP contribution in [0, 0.1) is 5.82 Å². The number of carbonyl (C=O) groups excluding carboxylic acids is 1. The van der Waals surface area contributed by atoms with Gasteiger partial charge < -0.3 is 4.74 Å². The summed E-state index contributed by atoms with van der Waals surface area (Å²) in [5.41, 5.74) is 0.464. The lowest BCUT2D eigenvalue weighted by molar-refractivity contribution is 0.102. The lowest BCUT2D eigenvalue weighted by Crippen LogP contribution is -2.09. The number of para-hydroxylation sites is 1. The highest BCUT2D eigenvalue weighted by atomic mass is 32.2. The molecule has 3 rings (SSSR count). The van der Waals surface area contributed by atoms with Gasteiger partial charge in [-0.3, -0.25) is 9.36 Å². The van der Waals surface area contributed by atoms with Crippen LogP contribution >= 0.6 is 11.8 Å². The predicted molar refractivity (Wildman–Crippen MR) is 102 cm³/mol. The van der Waals surface area contributed by atoms with E-state index in [1.807, 2.05) is 34.9 Å². The Bertz CT molecular complexity index is 911. The molecule has 7 heteroatoms. The fourth-order valence-corrected chi connectivity index (χ4v) is 3.22. The van der Waals surface area contributed by atoms with Gasteiger partial charge in [-0.05, 0) is 36.4 Å². The second-order valence-corrected chi connectivity index (χ2v) is 6.56. The summed E-state index contributed by atoms with van der Waals surface area (Å²) < 4.78 is 20.6. The maximum Gasteiger partial charge on any atom is 0.192 e. The molecule has 0 N–H and O–H groups in total. The van der Waals surface area contributed by atoms with Crippen molar-refractivity contribution in [2.75, 3.05) is 5.75 Å². The Morgan fingerprint density at radius 3 is 2.59 bits per heavy atom. The minimum Gasteiger partial charge on any atom is -0.486 e. The molecule has 0 saturated heterocycles. The maximum atomic E-state index is 13.0. The minimum atomic E-state index is -0.368. The van der Waals surface area contributed by atoms with E-state index in [4.69, 9.17) is 4.74 Å². The van der Waals surface area contributed by atoms with Gasteiger partial charge in [0, 0.05) is 12.1 Å². The lowest BCUT2D eigenvalue weighted by atomic mass is 10.1. The number of ether oxygens (including phenoxy) is 1. The summed E-state index contributed by atoms with van der Waals surface area (Å²) in [7, 11) is 0. The van der Waals surface area contributed by atoms with Crippen molar-refractivity contribution in [1.29, 1.82) is 0 Å². The third-order valence-corrected chi connectivity index (χ3v) is 4.68. The number of rotatable bonds is 9. The van der Waals surface area contributed by atoms with Crippen LogP contribution in [0.1, 0.15) is 16.2 Å². The number of aromatic nitrogens is 3. The second kappa shape index (κ2) is 9.14. The Kier molecular flexibility index (Phi) is 6.38. The minimum absolute atomic E-state index is 0.102. The molecule has 0 unspecified atom stereocenters. The average Bonchev–Trinajstić information content (AvgIpc) is 3.08. The van der Waals surface area contributed by atoms with Crippen LogP contribution in [-0.2, 0) is 13.2 Å². The van der Waals surface area contributed by atoms with Crippen molar-refractivity contribution in [3.63, 3.8) is 0 Å². The molecule has 1 heterocycles. The van der Waals surface area contributed by atoms with Gasteiger partial charge in [0.15, 0.2) is 16.8 Å². The van der Waals surface area contributed by atoms with Gasteiger partial charge in [0.1, 0.15) is 18.2 Å². The van der Waals surface area contributed by atoms with Gasteiger partial charge in [0.05, 0.1) is 5.75 Å². The zero-order chi connectivity index (χ0) is 19.1. The Morgan fingerprint density at radius 1 is 1.15 bits per heavy atom. The topological polar surface area (TPSA) is 57.0 Å². The number of thioether (sulfide) groups is 1. The van der Waals surface area contributed by atoms with Crippen LogP contribution in [0.3, 0.4) is 0 Å². The SMILES string of the molecule is C=CCn1c(COc2ccccc2)nnc1SCC(=O)c1ccc(F)cc1. The second-order valence-electron chi connectivity index (χ2n) is 5.62. The van der Waals surface area contributed by atoms with Crippen molar-refractivity contribution in [3.05, 3.63) is 84.5 Å². The van der Waals surface area contributed by atoms with Crippen molar-refractivity contribution in [2.24, 2.45) is 0 Å². The van der Waals surface area contributed by atoms with Crippen molar-refractivity contribution in [3.8, 4) is 5.75 Å². The zero-order valence-corrected chi connectivity index (χ0v) is 15.4. The number of hydrogen-bond acceptors (Lipinski definition) is 5. The molecule has 3 aromatic rings. The highest BCUT2D eigenvalue weighted by Crippen LogP contribution is 2.20. The van der Waals surface area contributed by atoms with Crippen molar-refractivity contribution in [1.82, 2.24) is 14.8 Å². The Morgan fingerprint density at radius 2 is 1.89 bits per heavy atom. The molecule has 0 spiro atoms. The van der Waals surface area contributed by atoms with Crippen LogP contribution in [0.2, 0.25) is 0 Å². The first-order valence-corrected chi connectivity index (χ1v) is 9.28. The van der Waals surface area contributed by atoms with Gasteiger partial charge in [-0.1, -0.05) is 36.0 Å². The molecule has 1 aromatic heterocycles. The van der Waals surface area contributed by atoms with Crippen molar-refractivity contribution < 1.29 is 13.9 Å². The zero-order valence-electron chi connectivity index (χ0n) is 14.5. The molecule has 0 fully saturated rings. The molecule has 0 aliphatic heterocycles. The van der Waals surface area contributed by atoms with E-state index in [-0.39, 0.29) is 24.0 Å². The normalized spacial score (nSPS) is 10.6. The number of halogens is 1. The number of carbonyl (C=O) groups is 1. The van der Waals surface area contributed by atoms with Crippen LogP contribution in [0.15, 0.2) is 72.4 Å². The van der Waals surface area contributed by atoms with Crippen LogP contribution in [0.5, 0.6) is 5.75 Å². The van der Waals surface area contributed by atoms with E-state index in [2.05, 4.69) is 16.8 Å². The number of nitrogens with zero attached hydrogens (tertiary/aromatic N) is 3. The van der Waals surface area contributed by atoms with Crippen LogP contribution in [0.25, 0.3) is 0 Å². The summed E-state index contributed by atoms with van der Waals surface area (Å²) in [4.78, 5) is 12.3. The van der Waals surface area contributed by atoms with E-state index in [1.165, 1.54) is 36.0 Å². The summed E-state index contributed by atoms with van der Waals surface area (Å²) in [6.07, 6.45) is 1.74. The van der Waals surface area contributed by atoms with Crippen LogP contribution in [-0.4, -0.2) is 26.3 Å². The van der Waals surface area contributed by atoms with E-state index in [1.54, 1.807) is 6.08 Å². The molecule has 0 aliphatic rings. The molecule has 0 aliphatic carbocycles. The summed E-state index contributed by atoms with van der Waals surface area (Å²) >= 11 is 1.28. The summed E-state index contributed by atoms with van der Waals surface area (Å²) in [6, 6.07) is 14.9. The lowest BCUT2D eigenvalue weighted by Gasteiger charge is -2.09. The van der Waals surface area contributed by atoms with Gasteiger partial charge in [-0.15, -0.1) is 16.8 Å². The largest absolute Gasteiger partial charge is 0.486 e. The summed E-state index contributed by atoms with van der Waals surface area (Å²) in [6.45, 7) is 4.53. The van der Waals surface area contributed by atoms with Crippen molar-refractivity contribution in [2.45, 2.75) is 18.3 Å². The average molecular weight is 383 g/mol. The van der Waals surface area contributed by atoms with Gasteiger partial charge in [-0.2, -0.15) is 0 Å². The molecule has 0 amide bonds. The molecule has 5 nitrogen and oxygen atoms in total. The Hall–Kier alpha value is -2.93. The highest BCUT2D eigenvalue weighted by molar-refractivity contribution is 7.99. The van der Waals surface area contributed by atoms with Crippen molar-refractivity contribution >= 4 is 17.5 Å². The standard InChI is InChI=1S/C20H18FN3O2S/c1-2-12-24-19(13-26-17-6-4-3-5-7-17)22-23-20(24)27-14-18(25)15-8-10-16(21)11-9-15/h2-11H,1,12-14H2. The molecular formula is C20H18FN3O2S. The molecule has 0 bridgehead atoms. The Balaban J connectivity index is 1.66. The van der Waals surface area contributed by atoms with Crippen LogP contribution < -0.4 is 4.74 Å². The molecule has 138 valence electrons. The van der Waals surface area contributed by atoms with Gasteiger partial charge in [0.2, 0.25) is 0 Å². The fraction of sp³-hybridized carbons (Fsp3) is 0.150. The number of ketones is 1. The van der Waals surface area contributed by atoms with E-state index in [0.717, 1.165) is 5.75 Å². The Labute approximate surface area is 160 Å². The molecule has 2 aromatic carbocycles. The highest BCUT2D eigenvalue weighted by Gasteiger charge is 2.15. The quantitative estimate of drug-likeness (QED) is 0.316. The number of benzene rings is 2. The molecule has 0 radical (unpaired) electrons. The van der Waals surface area contributed by atoms with E-state index in [9.17, 15) is 9.18 Å². The fourth-order valence-electron chi connectivity index (χ4n) is 2.36. The number of Topliss-reactive ketones (excluding diaryl/α,β-unsaturated/α-hetero) is 1. The summed E-state index contributed by atoms with van der Waals surface area (Å²) in [5.74, 6) is 1.10. The molecule has 0 saturated carbocycles. The van der Waals surface area contributed by atoms with Crippen LogP contribution in [0.4, 0.5) is 4.39 Å². The summed E-state index contributed by atoms with van der Waals surface area (Å²) in [5, 5.41) is 8.94. The first-order chi connectivity index (χ1) is 13.2. The smallest absolute Gasteiger partial charge is 0.192 e. The third-order valence-electron chi connectivity index (χ3n) is 3.71. The van der Waals surface area contributed by atoms with Gasteiger partial charge in [0.25, 0.3) is 0 Å². The molecule has 27 heavy (non-hydrogen) atoms. The van der Waals surface area contributed by atoms with E-state index >= 15 is 0 Å². The first-order valence-electron chi connectivity index (χ1n) is 8.30. The monoisotopic (exact) mass is 383 g/mol. The van der Waals surface area contributed by atoms with E-state index < -0.39 is 0 Å². The van der Waals surface area contributed by atoms with Gasteiger partial charge in [-0.25, -0.2) is 4.39 Å². The third kappa shape index (κ3) is 5.04. The maximum absolute atomic E-state index is 13.0. The molecule has 0 atom stereocenters.